The molecular weight excluding hydrogens is 456 g/mol. The average molecular weight is 509 g/mol. The minimum absolute atomic E-state index is 0.271. The Morgan fingerprint density at radius 1 is 1.09 bits per heavy atom. The lowest BCUT2D eigenvalue weighted by Crippen LogP contribution is -2.19. The summed E-state index contributed by atoms with van der Waals surface area (Å²) in [5, 5.41) is 0. The Morgan fingerprint density at radius 3 is 2.18 bits per heavy atom. The third-order valence-electron chi connectivity index (χ3n) is 4.80. The fraction of sp³-hybridized carbons (Fsp3) is 0.600. The second kappa shape index (κ2) is 24.7. The summed E-state index contributed by atoms with van der Waals surface area (Å²) in [6.07, 6.45) is 16.6. The predicted octanol–water partition coefficient (Wildman–Crippen LogP) is 10.2. The number of carbonyl (C=O) groups is 1. The molecule has 0 aliphatic heterocycles. The van der Waals surface area contributed by atoms with Crippen molar-refractivity contribution in [2.24, 2.45) is 5.41 Å². The standard InChI is InChI=1S/C23H34O2.C3H6S2.2C2H6/c1-7-16-25-22(24)17-19(3)11-8-10-18(2)13-14-21-20(4)12-9-15-23(21,5)6;1-2-5-3-4;2*1-2/h8,10-11,13-14,17H,7,9,12,15-16H2,1-6H3;3H,2H2,1H3;2*1-2H3/b11-8+,14-13+,18-10+,19-17+;;;. The molecular formula is C30H52O2S2. The maximum absolute atomic E-state index is 11.5. The molecule has 0 fully saturated rings. The van der Waals surface area contributed by atoms with Crippen LogP contribution < -0.4 is 0 Å². The predicted molar refractivity (Wildman–Crippen MR) is 162 cm³/mol. The molecule has 0 atom stereocenters. The van der Waals surface area contributed by atoms with Crippen molar-refractivity contribution in [3.8, 4) is 0 Å². The lowest BCUT2D eigenvalue weighted by atomic mass is 9.72. The number of ether oxygens (including phenoxy) is 1. The minimum Gasteiger partial charge on any atom is -0.463 e. The van der Waals surface area contributed by atoms with Gasteiger partial charge in [-0.1, -0.05) is 109 Å². The lowest BCUT2D eigenvalue weighted by Gasteiger charge is -2.32. The monoisotopic (exact) mass is 508 g/mol. The van der Waals surface area contributed by atoms with Crippen LogP contribution in [0.25, 0.3) is 0 Å². The van der Waals surface area contributed by atoms with Crippen molar-refractivity contribution in [2.45, 2.75) is 102 Å². The summed E-state index contributed by atoms with van der Waals surface area (Å²) in [5.74, 6) is 0.829. The molecule has 196 valence electrons. The summed E-state index contributed by atoms with van der Waals surface area (Å²) in [4.78, 5) is 11.5. The third kappa shape index (κ3) is 20.0. The summed E-state index contributed by atoms with van der Waals surface area (Å²) in [5.41, 5.74) is 5.35. The van der Waals surface area contributed by atoms with Crippen molar-refractivity contribution >= 4 is 34.6 Å². The molecule has 0 aromatic carbocycles. The van der Waals surface area contributed by atoms with Crippen LogP contribution in [0.3, 0.4) is 0 Å². The largest absolute Gasteiger partial charge is 0.463 e. The lowest BCUT2D eigenvalue weighted by molar-refractivity contribution is -0.137. The van der Waals surface area contributed by atoms with Crippen LogP contribution in [-0.2, 0) is 9.53 Å². The number of allylic oxidation sites excluding steroid dienone is 9. The van der Waals surface area contributed by atoms with E-state index in [0.717, 1.165) is 17.7 Å². The highest BCUT2D eigenvalue weighted by atomic mass is 32.2. The van der Waals surface area contributed by atoms with Crippen molar-refractivity contribution in [3.63, 3.8) is 0 Å². The van der Waals surface area contributed by atoms with Crippen LogP contribution in [0.2, 0.25) is 0 Å². The molecule has 4 heteroatoms. The summed E-state index contributed by atoms with van der Waals surface area (Å²) >= 11 is 6.14. The molecule has 0 N–H and O–H groups in total. The van der Waals surface area contributed by atoms with Crippen LogP contribution in [0.15, 0.2) is 58.7 Å². The van der Waals surface area contributed by atoms with Crippen LogP contribution >= 0.6 is 24.0 Å². The zero-order chi connectivity index (χ0) is 27.0. The molecule has 1 aliphatic rings. The molecule has 0 heterocycles. The quantitative estimate of drug-likeness (QED) is 0.134. The SMILES string of the molecule is CC.CC.CCCOC(=O)/C=C(C)/C=C/C=C(C)/C=C/C1=C(C)CCCC1(C)C.CCSC=S. The molecule has 0 saturated carbocycles. The second-order valence-electron chi connectivity index (χ2n) is 8.14. The number of hydrogen-bond acceptors (Lipinski definition) is 4. The highest BCUT2D eigenvalue weighted by Crippen LogP contribution is 2.40. The van der Waals surface area contributed by atoms with Crippen molar-refractivity contribution < 1.29 is 9.53 Å². The highest BCUT2D eigenvalue weighted by molar-refractivity contribution is 8.20. The van der Waals surface area contributed by atoms with E-state index in [0.29, 0.717) is 6.61 Å². The zero-order valence-electron chi connectivity index (χ0n) is 23.9. The molecule has 1 rings (SSSR count). The fourth-order valence-corrected chi connectivity index (χ4v) is 3.72. The van der Waals surface area contributed by atoms with E-state index >= 15 is 0 Å². The molecule has 34 heavy (non-hydrogen) atoms. The van der Waals surface area contributed by atoms with E-state index in [1.54, 1.807) is 16.5 Å². The second-order valence-corrected chi connectivity index (χ2v) is 9.82. The Labute approximate surface area is 222 Å². The Hall–Kier alpha value is -1.39. The normalized spacial score (nSPS) is 15.5. The maximum Gasteiger partial charge on any atom is 0.331 e. The maximum atomic E-state index is 11.5. The minimum atomic E-state index is -0.272. The summed E-state index contributed by atoms with van der Waals surface area (Å²) < 4.78 is 6.72. The number of carbonyl (C=O) groups excluding carboxylic acids is 1. The molecule has 0 aromatic heterocycles. The summed E-state index contributed by atoms with van der Waals surface area (Å²) in [6.45, 7) is 23.5. The molecule has 0 spiro atoms. The zero-order valence-corrected chi connectivity index (χ0v) is 25.6. The topological polar surface area (TPSA) is 26.3 Å². The van der Waals surface area contributed by atoms with E-state index in [-0.39, 0.29) is 11.4 Å². The smallest absolute Gasteiger partial charge is 0.331 e. The molecule has 0 radical (unpaired) electrons. The van der Waals surface area contributed by atoms with Gasteiger partial charge in [0.1, 0.15) is 0 Å². The Kier molecular flexibility index (Phi) is 27.0. The van der Waals surface area contributed by atoms with Gasteiger partial charge in [0.25, 0.3) is 0 Å². The van der Waals surface area contributed by atoms with Crippen LogP contribution in [0.1, 0.15) is 102 Å². The van der Waals surface area contributed by atoms with Crippen LogP contribution in [0, 0.1) is 5.41 Å². The van der Waals surface area contributed by atoms with Gasteiger partial charge in [0, 0.05) is 10.8 Å². The van der Waals surface area contributed by atoms with Crippen molar-refractivity contribution in [1.82, 2.24) is 0 Å². The molecule has 1 aliphatic carbocycles. The average Bonchev–Trinajstić information content (AvgIpc) is 2.80. The van der Waals surface area contributed by atoms with E-state index in [2.05, 4.69) is 65.1 Å². The highest BCUT2D eigenvalue weighted by Gasteiger charge is 2.26. The van der Waals surface area contributed by atoms with Gasteiger partial charge in [0.05, 0.1) is 6.61 Å². The van der Waals surface area contributed by atoms with Gasteiger partial charge < -0.3 is 4.74 Å². The molecule has 0 bridgehead atoms. The van der Waals surface area contributed by atoms with Gasteiger partial charge in [-0.15, -0.1) is 11.8 Å². The van der Waals surface area contributed by atoms with Crippen molar-refractivity contribution in [2.75, 3.05) is 12.4 Å². The van der Waals surface area contributed by atoms with Crippen LogP contribution in [0.4, 0.5) is 0 Å². The van der Waals surface area contributed by atoms with Crippen molar-refractivity contribution in [3.05, 3.63) is 58.7 Å². The van der Waals surface area contributed by atoms with Crippen LogP contribution in [0.5, 0.6) is 0 Å². The summed E-state index contributed by atoms with van der Waals surface area (Å²) in [6, 6.07) is 0. The molecule has 0 amide bonds. The fourth-order valence-electron chi connectivity index (χ4n) is 3.18. The number of hydrogen-bond donors (Lipinski definition) is 0. The number of thioether (sulfide) groups is 1. The Bertz CT molecular complexity index is 693. The van der Waals surface area contributed by atoms with Crippen molar-refractivity contribution in [1.29, 1.82) is 0 Å². The molecule has 0 saturated heterocycles. The number of esters is 1. The first-order valence-corrected chi connectivity index (χ1v) is 14.3. The Balaban J connectivity index is -0.000000923. The van der Waals surface area contributed by atoms with Gasteiger partial charge in [-0.05, 0) is 68.8 Å². The first-order chi connectivity index (χ1) is 16.2. The molecule has 0 aromatic rings. The van der Waals surface area contributed by atoms with Gasteiger partial charge in [0.2, 0.25) is 0 Å². The first-order valence-electron chi connectivity index (χ1n) is 12.8. The van der Waals surface area contributed by atoms with Gasteiger partial charge in [-0.3, -0.25) is 0 Å². The van der Waals surface area contributed by atoms with E-state index in [9.17, 15) is 4.79 Å². The van der Waals surface area contributed by atoms with E-state index < -0.39 is 0 Å². The number of thiocarbonyl (C=S) groups is 1. The molecule has 2 nitrogen and oxygen atoms in total. The van der Waals surface area contributed by atoms with E-state index in [1.165, 1.54) is 42.1 Å². The van der Waals surface area contributed by atoms with Crippen LogP contribution in [-0.4, -0.2) is 23.0 Å². The number of rotatable bonds is 9. The summed E-state index contributed by atoms with van der Waals surface area (Å²) in [7, 11) is 0. The van der Waals surface area contributed by atoms with Gasteiger partial charge in [-0.25, -0.2) is 4.79 Å². The third-order valence-corrected chi connectivity index (χ3v) is 5.68. The van der Waals surface area contributed by atoms with Gasteiger partial charge in [0.15, 0.2) is 0 Å². The molecule has 0 unspecified atom stereocenters. The van der Waals surface area contributed by atoms with E-state index in [1.807, 2.05) is 53.7 Å². The Morgan fingerprint density at radius 2 is 1.71 bits per heavy atom. The van der Waals surface area contributed by atoms with E-state index in [4.69, 9.17) is 4.74 Å². The van der Waals surface area contributed by atoms with Gasteiger partial charge >= 0.3 is 5.97 Å². The van der Waals surface area contributed by atoms with Gasteiger partial charge in [-0.2, -0.15) is 0 Å². The first kappa shape index (κ1) is 37.2.